The smallest absolute Gasteiger partial charge is 0.184 e. The van der Waals surface area contributed by atoms with Crippen molar-refractivity contribution in [1.29, 1.82) is 0 Å². The summed E-state index contributed by atoms with van der Waals surface area (Å²) >= 11 is 0. The normalized spacial score (nSPS) is 14.8. The van der Waals surface area contributed by atoms with Crippen LogP contribution in [-0.2, 0) is 39.4 Å². The van der Waals surface area contributed by atoms with Crippen LogP contribution in [0.4, 0.5) is 0 Å². The molecule has 0 heterocycles. The summed E-state index contributed by atoms with van der Waals surface area (Å²) in [7, 11) is -0.409. The molecule has 3 aromatic carbocycles. The minimum Gasteiger partial charge on any atom is -0.184 e. The van der Waals surface area contributed by atoms with Gasteiger partial charge in [0.2, 0.25) is 0 Å². The number of hydrogen-bond acceptors (Lipinski definition) is 0. The predicted molar refractivity (Wildman–Crippen MR) is 131 cm³/mol. The Morgan fingerprint density at radius 1 is 0.562 bits per heavy atom. The van der Waals surface area contributed by atoms with Gasteiger partial charge in [0.1, 0.15) is 0 Å². The van der Waals surface area contributed by atoms with E-state index in [-0.39, 0.29) is 39.4 Å². The number of hydrogen-bond donors (Lipinski definition) is 0. The third-order valence-electron chi connectivity index (χ3n) is 4.37. The molecule has 0 atom stereocenters. The molecule has 2 fully saturated rings. The van der Waals surface area contributed by atoms with Crippen LogP contribution in [0.15, 0.2) is 84.9 Å². The van der Waals surface area contributed by atoms with Crippen molar-refractivity contribution in [3.63, 3.8) is 0 Å². The summed E-state index contributed by atoms with van der Waals surface area (Å²) < 4.78 is 0. The van der Waals surface area contributed by atoms with Crippen molar-refractivity contribution < 1.29 is 39.4 Å². The van der Waals surface area contributed by atoms with Crippen molar-refractivity contribution in [3.05, 3.63) is 160 Å². The Labute approximate surface area is 223 Å². The fourth-order valence-corrected chi connectivity index (χ4v) is 5.21. The molecule has 32 heavy (non-hydrogen) atoms. The summed E-state index contributed by atoms with van der Waals surface area (Å²) in [6, 6.07) is 32.4. The maximum absolute atomic E-state index is 2.93. The Hall–Kier alpha value is -0.650. The van der Waals surface area contributed by atoms with Gasteiger partial charge in [0.05, 0.1) is 0 Å². The first-order chi connectivity index (χ1) is 14.8. The fourth-order valence-electron chi connectivity index (χ4n) is 2.91. The SMILES string of the molecule is Cc1cc[c-]cc1.[Au+].[CH]1[CH][CH][CH][CH]1.[CH]1[CH][CH][C](P(c2ccccc2)c2ccccc2)[CH]1.[Fe]. The van der Waals surface area contributed by atoms with Gasteiger partial charge in [-0.2, -0.15) is 35.9 Å². The quantitative estimate of drug-likeness (QED) is 0.176. The van der Waals surface area contributed by atoms with Crippen LogP contribution in [0.3, 0.4) is 0 Å². The summed E-state index contributed by atoms with van der Waals surface area (Å²) in [6.45, 7) is 2.06. The molecule has 0 amide bonds. The first-order valence-corrected chi connectivity index (χ1v) is 11.4. The Balaban J connectivity index is 0.000000303. The molecule has 0 aliphatic heterocycles. The topological polar surface area (TPSA) is 0 Å². The number of benzene rings is 3. The molecule has 0 unspecified atom stereocenters. The summed E-state index contributed by atoms with van der Waals surface area (Å²) in [5.74, 6) is 0. The molecule has 0 bridgehead atoms. The van der Waals surface area contributed by atoms with Gasteiger partial charge in [-0.1, -0.05) is 67.6 Å². The van der Waals surface area contributed by atoms with E-state index >= 15 is 0 Å². The van der Waals surface area contributed by atoms with Crippen molar-refractivity contribution in [2.45, 2.75) is 6.92 Å². The van der Waals surface area contributed by atoms with Gasteiger partial charge in [-0.05, 0) is 76.3 Å². The van der Waals surface area contributed by atoms with Gasteiger partial charge in [0, 0.05) is 22.7 Å². The fraction of sp³-hybridized carbons (Fsp3) is 0.0345. The summed E-state index contributed by atoms with van der Waals surface area (Å²) in [6.07, 6.45) is 18.7. The Kier molecular flexibility index (Phi) is 16.3. The summed E-state index contributed by atoms with van der Waals surface area (Å²) in [4.78, 5) is 0. The molecule has 10 radical (unpaired) electrons. The van der Waals surface area contributed by atoms with Crippen LogP contribution >= 0.6 is 7.92 Å². The molecule has 0 spiro atoms. The van der Waals surface area contributed by atoms with E-state index in [0.29, 0.717) is 0 Å². The standard InChI is InChI=1S/C17H14P.C7H7.C5H5.Au.Fe/c1-3-9-15(10-4-1)18(17-13-7-8-14-17)16-11-5-2-6-12-16;1-7-5-3-2-4-6-7;1-2-4-5-3-1;;/h1-14H;3-6H,1H3;1-5H;;/q;-1;;+1;. The van der Waals surface area contributed by atoms with E-state index in [1.54, 1.807) is 0 Å². The first kappa shape index (κ1) is 29.4. The largest absolute Gasteiger partial charge is 1.00 e. The maximum Gasteiger partial charge on any atom is 1.00 e. The second kappa shape index (κ2) is 17.8. The van der Waals surface area contributed by atoms with E-state index in [4.69, 9.17) is 0 Å². The van der Waals surface area contributed by atoms with Crippen LogP contribution < -0.4 is 10.6 Å². The monoisotopic (exact) mass is 658 g/mol. The van der Waals surface area contributed by atoms with Gasteiger partial charge in [-0.3, -0.25) is 0 Å². The van der Waals surface area contributed by atoms with Crippen molar-refractivity contribution in [2.75, 3.05) is 0 Å². The van der Waals surface area contributed by atoms with E-state index in [0.717, 1.165) is 0 Å². The number of aryl methyl sites for hydroxylation is 1. The van der Waals surface area contributed by atoms with Gasteiger partial charge in [0.25, 0.3) is 0 Å². The zero-order valence-electron chi connectivity index (χ0n) is 17.9. The van der Waals surface area contributed by atoms with E-state index in [1.165, 1.54) is 21.8 Å². The third-order valence-corrected chi connectivity index (χ3v) is 6.82. The molecule has 3 aromatic rings. The van der Waals surface area contributed by atoms with Crippen LogP contribution in [0.25, 0.3) is 0 Å². The van der Waals surface area contributed by atoms with Crippen molar-refractivity contribution in [2.24, 2.45) is 0 Å². The summed E-state index contributed by atoms with van der Waals surface area (Å²) in [5, 5.41) is 2.81. The second-order valence-electron chi connectivity index (χ2n) is 6.69. The molecule has 0 saturated heterocycles. The molecule has 2 saturated carbocycles. The summed E-state index contributed by atoms with van der Waals surface area (Å²) in [5.41, 5.74) is 2.71. The third kappa shape index (κ3) is 10.5. The molecule has 2 aliphatic rings. The Morgan fingerprint density at radius 3 is 1.31 bits per heavy atom. The zero-order valence-corrected chi connectivity index (χ0v) is 22.0. The maximum atomic E-state index is 2.93. The first-order valence-electron chi connectivity index (χ1n) is 10.1. The van der Waals surface area contributed by atoms with Gasteiger partial charge in [0.15, 0.2) is 0 Å². The van der Waals surface area contributed by atoms with E-state index in [9.17, 15) is 0 Å². The average molecular weight is 658 g/mol. The van der Waals surface area contributed by atoms with Crippen molar-refractivity contribution in [1.82, 2.24) is 0 Å². The molecular formula is C29H26AuFeP. The second-order valence-corrected chi connectivity index (χ2v) is 8.91. The molecule has 5 rings (SSSR count). The van der Waals surface area contributed by atoms with Crippen LogP contribution in [-0.4, -0.2) is 0 Å². The predicted octanol–water partition coefficient (Wildman–Crippen LogP) is 6.29. The Morgan fingerprint density at radius 2 is 0.969 bits per heavy atom. The number of rotatable bonds is 3. The van der Waals surface area contributed by atoms with Gasteiger partial charge >= 0.3 is 22.4 Å². The van der Waals surface area contributed by atoms with Gasteiger partial charge in [-0.25, -0.2) is 0 Å². The molecular weight excluding hydrogens is 632 g/mol. The molecule has 0 nitrogen and oxygen atoms in total. The molecule has 0 N–H and O–H groups in total. The molecule has 2 aliphatic carbocycles. The van der Waals surface area contributed by atoms with Crippen LogP contribution in [0.5, 0.6) is 0 Å². The zero-order chi connectivity index (χ0) is 20.9. The minimum atomic E-state index is -0.409. The average Bonchev–Trinajstić information content (AvgIpc) is 3.54. The van der Waals surface area contributed by atoms with E-state index in [1.807, 2.05) is 56.4 Å². The van der Waals surface area contributed by atoms with E-state index in [2.05, 4.69) is 99.3 Å². The van der Waals surface area contributed by atoms with Gasteiger partial charge < -0.3 is 0 Å². The molecule has 166 valence electrons. The Bertz CT molecular complexity index is 753. The van der Waals surface area contributed by atoms with Gasteiger partial charge in [-0.15, -0.1) is 0 Å². The van der Waals surface area contributed by atoms with Crippen molar-refractivity contribution in [3.8, 4) is 0 Å². The molecule has 3 heteroatoms. The van der Waals surface area contributed by atoms with Crippen LogP contribution in [0.1, 0.15) is 5.56 Å². The van der Waals surface area contributed by atoms with E-state index < -0.39 is 7.92 Å². The minimum absolute atomic E-state index is 0. The van der Waals surface area contributed by atoms with Crippen molar-refractivity contribution >= 4 is 18.5 Å². The van der Waals surface area contributed by atoms with Crippen LogP contribution in [0, 0.1) is 76.4 Å². The van der Waals surface area contributed by atoms with Crippen LogP contribution in [0.2, 0.25) is 0 Å². The molecule has 0 aromatic heterocycles.